The van der Waals surface area contributed by atoms with Crippen molar-refractivity contribution in [3.05, 3.63) is 64.1 Å². The predicted octanol–water partition coefficient (Wildman–Crippen LogP) is 5.29. The lowest BCUT2D eigenvalue weighted by atomic mass is 10.1. The molecule has 1 aliphatic carbocycles. The van der Waals surface area contributed by atoms with Gasteiger partial charge < -0.3 is 9.15 Å². The summed E-state index contributed by atoms with van der Waals surface area (Å²) in [7, 11) is 1.67. The van der Waals surface area contributed by atoms with Gasteiger partial charge in [-0.1, -0.05) is 24.3 Å². The molecular weight excluding hydrogens is 328 g/mol. The van der Waals surface area contributed by atoms with E-state index in [-0.39, 0.29) is 0 Å². The van der Waals surface area contributed by atoms with Gasteiger partial charge >= 0.3 is 0 Å². The average molecular weight is 341 g/mol. The lowest BCUT2D eigenvalue weighted by Gasteiger charge is -2.03. The number of halogens is 1. The topological polar surface area (TPSA) is 22.4 Å². The van der Waals surface area contributed by atoms with E-state index in [1.807, 2.05) is 24.3 Å². The van der Waals surface area contributed by atoms with Crippen LogP contribution in [0.1, 0.15) is 11.1 Å². The summed E-state index contributed by atoms with van der Waals surface area (Å²) in [6.07, 6.45) is 0.922. The molecule has 1 heterocycles. The third kappa shape index (κ3) is 1.92. The molecule has 3 aromatic rings. The summed E-state index contributed by atoms with van der Waals surface area (Å²) in [5, 5.41) is 0. The molecule has 4 rings (SSSR count). The second kappa shape index (κ2) is 4.78. The minimum atomic E-state index is 0.847. The van der Waals surface area contributed by atoms with E-state index < -0.39 is 0 Å². The second-order valence-corrected chi connectivity index (χ2v) is 5.91. The zero-order valence-electron chi connectivity index (χ0n) is 11.5. The molecule has 0 aliphatic heterocycles. The molecule has 0 unspecified atom stereocenters. The van der Waals surface area contributed by atoms with Gasteiger partial charge in [0.15, 0.2) is 0 Å². The molecule has 2 aromatic carbocycles. The van der Waals surface area contributed by atoms with Gasteiger partial charge in [-0.2, -0.15) is 0 Å². The van der Waals surface area contributed by atoms with Crippen LogP contribution in [0, 0.1) is 0 Å². The molecule has 0 saturated carbocycles. The Balaban J connectivity index is 1.83. The summed E-state index contributed by atoms with van der Waals surface area (Å²) in [4.78, 5) is 0. The molecule has 0 saturated heterocycles. The molecule has 21 heavy (non-hydrogen) atoms. The van der Waals surface area contributed by atoms with Gasteiger partial charge in [0.25, 0.3) is 0 Å². The average Bonchev–Trinajstić information content (AvgIpc) is 3.05. The van der Waals surface area contributed by atoms with Gasteiger partial charge in [0, 0.05) is 23.1 Å². The molecule has 2 nitrogen and oxygen atoms in total. The molecule has 104 valence electrons. The Labute approximate surface area is 131 Å². The first-order valence-electron chi connectivity index (χ1n) is 6.82. The monoisotopic (exact) mass is 340 g/mol. The van der Waals surface area contributed by atoms with Crippen molar-refractivity contribution in [2.24, 2.45) is 0 Å². The van der Waals surface area contributed by atoms with Crippen LogP contribution in [-0.2, 0) is 6.42 Å². The first kappa shape index (κ1) is 12.7. The molecule has 0 radical (unpaired) electrons. The molecule has 0 atom stereocenters. The van der Waals surface area contributed by atoms with Crippen LogP contribution in [0.5, 0.6) is 5.75 Å². The Morgan fingerprint density at radius 2 is 1.76 bits per heavy atom. The van der Waals surface area contributed by atoms with Crippen molar-refractivity contribution in [2.45, 2.75) is 6.42 Å². The fourth-order valence-electron chi connectivity index (χ4n) is 2.84. The standard InChI is InChI=1S/C18H13BrO2/c1-20-13-8-6-11(7-9-13)17-16(19)15-10-12-4-2-3-5-14(12)18(15)21-17/h2-9H,10H2,1H3. The van der Waals surface area contributed by atoms with Crippen LogP contribution in [0.2, 0.25) is 0 Å². The Hall–Kier alpha value is -2.00. The molecule has 0 amide bonds. The Morgan fingerprint density at radius 1 is 1.00 bits per heavy atom. The summed E-state index contributed by atoms with van der Waals surface area (Å²) < 4.78 is 12.4. The number of benzene rings is 2. The van der Waals surface area contributed by atoms with Crippen molar-refractivity contribution in [1.29, 1.82) is 0 Å². The number of furan rings is 1. The van der Waals surface area contributed by atoms with E-state index in [1.54, 1.807) is 7.11 Å². The number of fused-ring (bicyclic) bond motifs is 3. The molecule has 0 fully saturated rings. The highest BCUT2D eigenvalue weighted by Gasteiger charge is 2.27. The van der Waals surface area contributed by atoms with Crippen molar-refractivity contribution >= 4 is 15.9 Å². The van der Waals surface area contributed by atoms with Gasteiger partial charge in [0.1, 0.15) is 17.3 Å². The van der Waals surface area contributed by atoms with Gasteiger partial charge in [-0.3, -0.25) is 0 Å². The Morgan fingerprint density at radius 3 is 2.52 bits per heavy atom. The van der Waals surface area contributed by atoms with Crippen LogP contribution in [0.3, 0.4) is 0 Å². The molecule has 0 N–H and O–H groups in total. The van der Waals surface area contributed by atoms with Crippen molar-refractivity contribution in [3.8, 4) is 28.4 Å². The SMILES string of the molecule is COc1ccc(-c2oc3c(c2Br)Cc2ccccc2-3)cc1. The molecule has 0 bridgehead atoms. The summed E-state index contributed by atoms with van der Waals surface area (Å²) in [5.41, 5.74) is 4.82. The van der Waals surface area contributed by atoms with Crippen LogP contribution in [0.25, 0.3) is 22.6 Å². The highest BCUT2D eigenvalue weighted by atomic mass is 79.9. The van der Waals surface area contributed by atoms with Crippen molar-refractivity contribution in [1.82, 2.24) is 0 Å². The minimum absolute atomic E-state index is 0.847. The normalized spacial score (nSPS) is 12.1. The molecule has 1 aromatic heterocycles. The highest BCUT2D eigenvalue weighted by molar-refractivity contribution is 9.10. The van der Waals surface area contributed by atoms with Gasteiger partial charge in [-0.15, -0.1) is 0 Å². The maximum absolute atomic E-state index is 6.16. The smallest absolute Gasteiger partial charge is 0.149 e. The van der Waals surface area contributed by atoms with Crippen LogP contribution in [0.15, 0.2) is 57.4 Å². The van der Waals surface area contributed by atoms with E-state index in [9.17, 15) is 0 Å². The third-order valence-electron chi connectivity index (χ3n) is 3.92. The summed E-state index contributed by atoms with van der Waals surface area (Å²) >= 11 is 3.71. The molecular formula is C18H13BrO2. The molecule has 0 spiro atoms. The summed E-state index contributed by atoms with van der Waals surface area (Å²) in [5.74, 6) is 2.72. The summed E-state index contributed by atoms with van der Waals surface area (Å²) in [6.45, 7) is 0. The number of ether oxygens (including phenoxy) is 1. The maximum atomic E-state index is 6.16. The van der Waals surface area contributed by atoms with E-state index >= 15 is 0 Å². The van der Waals surface area contributed by atoms with Crippen LogP contribution >= 0.6 is 15.9 Å². The number of hydrogen-bond donors (Lipinski definition) is 0. The fourth-order valence-corrected chi connectivity index (χ4v) is 3.47. The molecule has 1 aliphatic rings. The lowest BCUT2D eigenvalue weighted by molar-refractivity contribution is 0.415. The minimum Gasteiger partial charge on any atom is -0.497 e. The maximum Gasteiger partial charge on any atom is 0.149 e. The second-order valence-electron chi connectivity index (χ2n) is 5.12. The van der Waals surface area contributed by atoms with Crippen molar-refractivity contribution in [3.63, 3.8) is 0 Å². The number of hydrogen-bond acceptors (Lipinski definition) is 2. The van der Waals surface area contributed by atoms with E-state index in [0.29, 0.717) is 0 Å². The van der Waals surface area contributed by atoms with E-state index in [4.69, 9.17) is 9.15 Å². The van der Waals surface area contributed by atoms with E-state index in [2.05, 4.69) is 40.2 Å². The Kier molecular flexibility index (Phi) is 2.89. The highest BCUT2D eigenvalue weighted by Crippen LogP contribution is 2.46. The van der Waals surface area contributed by atoms with Gasteiger partial charge in [0.2, 0.25) is 0 Å². The largest absolute Gasteiger partial charge is 0.497 e. The van der Waals surface area contributed by atoms with Crippen molar-refractivity contribution in [2.75, 3.05) is 7.11 Å². The lowest BCUT2D eigenvalue weighted by Crippen LogP contribution is -1.84. The van der Waals surface area contributed by atoms with Gasteiger partial charge in [-0.05, 0) is 45.8 Å². The first-order chi connectivity index (χ1) is 10.3. The zero-order valence-corrected chi connectivity index (χ0v) is 13.1. The zero-order chi connectivity index (χ0) is 14.4. The van der Waals surface area contributed by atoms with E-state index in [0.717, 1.165) is 33.7 Å². The number of methoxy groups -OCH3 is 1. The van der Waals surface area contributed by atoms with Gasteiger partial charge in [-0.25, -0.2) is 0 Å². The summed E-state index contributed by atoms with van der Waals surface area (Å²) in [6, 6.07) is 16.3. The Bertz CT molecular complexity index is 816. The van der Waals surface area contributed by atoms with Crippen LogP contribution in [-0.4, -0.2) is 7.11 Å². The van der Waals surface area contributed by atoms with Crippen LogP contribution in [0.4, 0.5) is 0 Å². The molecule has 3 heteroatoms. The van der Waals surface area contributed by atoms with Crippen molar-refractivity contribution < 1.29 is 9.15 Å². The fraction of sp³-hybridized carbons (Fsp3) is 0.111. The quantitative estimate of drug-likeness (QED) is 0.494. The first-order valence-corrected chi connectivity index (χ1v) is 7.61. The number of rotatable bonds is 2. The third-order valence-corrected chi connectivity index (χ3v) is 4.76. The van der Waals surface area contributed by atoms with Crippen LogP contribution < -0.4 is 4.74 Å². The van der Waals surface area contributed by atoms with Gasteiger partial charge in [0.05, 0.1) is 11.6 Å². The predicted molar refractivity (Wildman–Crippen MR) is 86.6 cm³/mol. The van der Waals surface area contributed by atoms with E-state index in [1.165, 1.54) is 16.7 Å².